The average Bonchev–Trinajstić information content (AvgIpc) is 3.29. The molecule has 0 bridgehead atoms. The Kier molecular flexibility index (Phi) is 3.85. The molecule has 4 rings (SSSR count). The van der Waals surface area contributed by atoms with E-state index < -0.39 is 0 Å². The molecule has 1 aromatic heterocycles. The van der Waals surface area contributed by atoms with E-state index in [1.165, 1.54) is 11.5 Å². The Balaban J connectivity index is 1.83. The molecular weight excluding hydrogens is 340 g/mol. The van der Waals surface area contributed by atoms with Gasteiger partial charge in [-0.1, -0.05) is 0 Å². The van der Waals surface area contributed by atoms with Crippen molar-refractivity contribution in [1.82, 2.24) is 4.37 Å². The normalized spacial score (nSPS) is 12.2. The summed E-state index contributed by atoms with van der Waals surface area (Å²) in [5, 5.41) is 0. The molecule has 0 saturated heterocycles. The number of nitrogens with two attached hydrogens (primary N) is 1. The molecule has 7 heteroatoms. The lowest BCUT2D eigenvalue weighted by molar-refractivity contribution is 0.171. The Labute approximate surface area is 148 Å². The van der Waals surface area contributed by atoms with E-state index in [-0.39, 0.29) is 6.79 Å². The molecular formula is C18H16N2O4S. The third-order valence-electron chi connectivity index (χ3n) is 4.04. The van der Waals surface area contributed by atoms with Gasteiger partial charge >= 0.3 is 0 Å². The van der Waals surface area contributed by atoms with Crippen molar-refractivity contribution < 1.29 is 18.9 Å². The molecule has 0 aliphatic carbocycles. The lowest BCUT2D eigenvalue weighted by Crippen LogP contribution is -1.93. The number of fused-ring (bicyclic) bond motifs is 1. The van der Waals surface area contributed by atoms with E-state index in [9.17, 15) is 0 Å². The molecule has 0 saturated carbocycles. The van der Waals surface area contributed by atoms with E-state index in [0.29, 0.717) is 22.9 Å². The van der Waals surface area contributed by atoms with E-state index in [2.05, 4.69) is 4.37 Å². The first-order chi connectivity index (χ1) is 12.2. The minimum Gasteiger partial charge on any atom is -0.497 e. The quantitative estimate of drug-likeness (QED) is 0.717. The molecule has 2 aromatic carbocycles. The minimum atomic E-state index is 0.191. The van der Waals surface area contributed by atoms with Crippen LogP contribution in [0.4, 0.5) is 5.69 Å². The third-order valence-corrected chi connectivity index (χ3v) is 4.89. The third kappa shape index (κ3) is 2.62. The van der Waals surface area contributed by atoms with Crippen molar-refractivity contribution in [2.24, 2.45) is 0 Å². The molecule has 6 nitrogen and oxygen atoms in total. The summed E-state index contributed by atoms with van der Waals surface area (Å²) in [5.41, 5.74) is 9.63. The molecule has 0 amide bonds. The highest BCUT2D eigenvalue weighted by atomic mass is 32.1. The van der Waals surface area contributed by atoms with Gasteiger partial charge in [0, 0.05) is 34.6 Å². The van der Waals surface area contributed by atoms with Gasteiger partial charge in [-0.25, -0.2) is 0 Å². The number of hydrogen-bond acceptors (Lipinski definition) is 7. The van der Waals surface area contributed by atoms with E-state index >= 15 is 0 Å². The van der Waals surface area contributed by atoms with Crippen LogP contribution in [0.1, 0.15) is 0 Å². The van der Waals surface area contributed by atoms with E-state index in [0.717, 1.165) is 27.3 Å². The molecule has 0 atom stereocenters. The maximum Gasteiger partial charge on any atom is 0.231 e. The average molecular weight is 356 g/mol. The van der Waals surface area contributed by atoms with Crippen molar-refractivity contribution in [1.29, 1.82) is 0 Å². The van der Waals surface area contributed by atoms with Gasteiger partial charge in [-0.3, -0.25) is 0 Å². The van der Waals surface area contributed by atoms with Crippen molar-refractivity contribution in [2.45, 2.75) is 0 Å². The van der Waals surface area contributed by atoms with Crippen molar-refractivity contribution >= 4 is 17.2 Å². The number of anilines is 1. The molecule has 25 heavy (non-hydrogen) atoms. The summed E-state index contributed by atoms with van der Waals surface area (Å²) in [6, 6.07) is 9.47. The smallest absolute Gasteiger partial charge is 0.231 e. The predicted octanol–water partition coefficient (Wildman–Crippen LogP) is 3.81. The van der Waals surface area contributed by atoms with Crippen LogP contribution in [0, 0.1) is 0 Å². The Morgan fingerprint density at radius 3 is 2.72 bits per heavy atom. The van der Waals surface area contributed by atoms with Gasteiger partial charge in [-0.05, 0) is 35.8 Å². The second-order valence-corrected chi connectivity index (χ2v) is 6.24. The highest BCUT2D eigenvalue weighted by Crippen LogP contribution is 2.47. The Hall–Kier alpha value is -2.93. The van der Waals surface area contributed by atoms with Gasteiger partial charge in [-0.15, -0.1) is 0 Å². The topological polar surface area (TPSA) is 75.8 Å². The summed E-state index contributed by atoms with van der Waals surface area (Å²) in [4.78, 5) is 0.980. The van der Waals surface area contributed by atoms with E-state index in [1.807, 2.05) is 30.5 Å². The fraction of sp³-hybridized carbons (Fsp3) is 0.167. The van der Waals surface area contributed by atoms with Crippen LogP contribution in [0.15, 0.2) is 36.5 Å². The summed E-state index contributed by atoms with van der Waals surface area (Å²) in [5.74, 6) is 2.64. The number of methoxy groups -OCH3 is 2. The largest absolute Gasteiger partial charge is 0.497 e. The van der Waals surface area contributed by atoms with Crippen molar-refractivity contribution in [3.63, 3.8) is 0 Å². The van der Waals surface area contributed by atoms with Crippen LogP contribution in [-0.2, 0) is 0 Å². The van der Waals surface area contributed by atoms with E-state index in [1.54, 1.807) is 20.3 Å². The number of nitrogens with zero attached hydrogens (tertiary/aromatic N) is 1. The van der Waals surface area contributed by atoms with Gasteiger partial charge in [0.15, 0.2) is 11.5 Å². The number of ether oxygens (including phenoxy) is 4. The molecule has 2 N–H and O–H groups in total. The van der Waals surface area contributed by atoms with Gasteiger partial charge in [-0.2, -0.15) is 4.37 Å². The summed E-state index contributed by atoms with van der Waals surface area (Å²) < 4.78 is 26.0. The van der Waals surface area contributed by atoms with Gasteiger partial charge in [0.1, 0.15) is 5.75 Å². The molecule has 128 valence electrons. The first-order valence-electron chi connectivity index (χ1n) is 7.58. The molecule has 0 fully saturated rings. The van der Waals surface area contributed by atoms with Crippen LogP contribution in [0.5, 0.6) is 23.0 Å². The zero-order chi connectivity index (χ0) is 17.4. The maximum atomic E-state index is 6.21. The first-order valence-corrected chi connectivity index (χ1v) is 8.35. The Morgan fingerprint density at radius 2 is 1.96 bits per heavy atom. The molecule has 0 spiro atoms. The fourth-order valence-electron chi connectivity index (χ4n) is 2.81. The van der Waals surface area contributed by atoms with Crippen LogP contribution in [0.2, 0.25) is 0 Å². The van der Waals surface area contributed by atoms with Gasteiger partial charge < -0.3 is 24.7 Å². The number of nitrogen functional groups attached to an aromatic ring is 1. The van der Waals surface area contributed by atoms with Gasteiger partial charge in [0.2, 0.25) is 12.5 Å². The second-order valence-electron chi connectivity index (χ2n) is 5.43. The summed E-state index contributed by atoms with van der Waals surface area (Å²) in [6.45, 7) is 0.191. The predicted molar refractivity (Wildman–Crippen MR) is 96.6 cm³/mol. The number of aromatic nitrogens is 1. The van der Waals surface area contributed by atoms with Gasteiger partial charge in [0.25, 0.3) is 0 Å². The van der Waals surface area contributed by atoms with Crippen molar-refractivity contribution in [3.05, 3.63) is 36.5 Å². The first kappa shape index (κ1) is 15.6. The number of hydrogen-bond donors (Lipinski definition) is 1. The molecule has 1 aliphatic rings. The SMILES string of the molecule is COc1ccc(-c2cnsc2-c2cc(OC)c3c(c2)OCO3)c(N)c1. The summed E-state index contributed by atoms with van der Waals surface area (Å²) in [7, 11) is 3.22. The standard InChI is InChI=1S/C18H16N2O4S/c1-21-11-3-4-12(14(19)7-11)13-8-20-25-18(13)10-5-15(22-2)17-16(6-10)23-9-24-17/h3-8H,9,19H2,1-2H3. The number of benzene rings is 2. The molecule has 0 radical (unpaired) electrons. The van der Waals surface area contributed by atoms with E-state index in [4.69, 9.17) is 24.7 Å². The van der Waals surface area contributed by atoms with Crippen molar-refractivity contribution in [3.8, 4) is 44.6 Å². The monoisotopic (exact) mass is 356 g/mol. The highest BCUT2D eigenvalue weighted by molar-refractivity contribution is 7.10. The lowest BCUT2D eigenvalue weighted by atomic mass is 10.0. The summed E-state index contributed by atoms with van der Waals surface area (Å²) in [6.07, 6.45) is 1.81. The zero-order valence-electron chi connectivity index (χ0n) is 13.7. The minimum absolute atomic E-state index is 0.191. The van der Waals surface area contributed by atoms with Crippen LogP contribution in [0.25, 0.3) is 21.6 Å². The van der Waals surface area contributed by atoms with Crippen LogP contribution < -0.4 is 24.7 Å². The lowest BCUT2D eigenvalue weighted by Gasteiger charge is -2.10. The summed E-state index contributed by atoms with van der Waals surface area (Å²) >= 11 is 1.39. The molecule has 3 aromatic rings. The maximum absolute atomic E-state index is 6.21. The van der Waals surface area contributed by atoms with Gasteiger partial charge in [0.05, 0.1) is 19.1 Å². The molecule has 1 aliphatic heterocycles. The van der Waals surface area contributed by atoms with Crippen LogP contribution in [0.3, 0.4) is 0 Å². The Morgan fingerprint density at radius 1 is 1.08 bits per heavy atom. The molecule has 2 heterocycles. The zero-order valence-corrected chi connectivity index (χ0v) is 14.6. The fourth-order valence-corrected chi connectivity index (χ4v) is 3.56. The second kappa shape index (κ2) is 6.18. The number of rotatable bonds is 4. The van der Waals surface area contributed by atoms with Crippen LogP contribution in [-0.4, -0.2) is 25.4 Å². The van der Waals surface area contributed by atoms with Crippen molar-refractivity contribution in [2.75, 3.05) is 26.7 Å². The van der Waals surface area contributed by atoms with Crippen LogP contribution >= 0.6 is 11.5 Å². The Bertz CT molecular complexity index is 939. The highest BCUT2D eigenvalue weighted by Gasteiger charge is 2.23. The molecule has 0 unspecified atom stereocenters.